The monoisotopic (exact) mass is 435 g/mol. The van der Waals surface area contributed by atoms with Crippen molar-refractivity contribution in [1.29, 1.82) is 0 Å². The molecule has 0 radical (unpaired) electrons. The van der Waals surface area contributed by atoms with Crippen LogP contribution in [0.2, 0.25) is 0 Å². The molecule has 1 heterocycles. The van der Waals surface area contributed by atoms with Crippen molar-refractivity contribution in [3.05, 3.63) is 29.0 Å². The normalized spacial score (nSPS) is 18.1. The van der Waals surface area contributed by atoms with Gasteiger partial charge in [-0.15, -0.1) is 0 Å². The molecule has 0 bridgehead atoms. The van der Waals surface area contributed by atoms with E-state index in [4.69, 9.17) is 21.1 Å². The van der Waals surface area contributed by atoms with E-state index in [9.17, 15) is 9.18 Å². The lowest BCUT2D eigenvalue weighted by atomic mass is 9.86. The third-order valence-corrected chi connectivity index (χ3v) is 6.03. The van der Waals surface area contributed by atoms with Gasteiger partial charge in [-0.3, -0.25) is 0 Å². The number of amides is 1. The largest absolute Gasteiger partial charge is 0.488 e. The minimum absolute atomic E-state index is 0.0111. The summed E-state index contributed by atoms with van der Waals surface area (Å²) in [7, 11) is 1.56. The van der Waals surface area contributed by atoms with Gasteiger partial charge in [0.2, 0.25) is 0 Å². The Balaban J connectivity index is 1.69. The number of aromatic nitrogens is 1. The number of nitrogens with zero attached hydrogens (tertiary/aromatic N) is 2. The number of carbonyl (C=O) groups excluding carboxylic acids is 1. The molecule has 1 amide bonds. The van der Waals surface area contributed by atoms with Crippen LogP contribution in [0.5, 0.6) is 5.75 Å². The summed E-state index contributed by atoms with van der Waals surface area (Å²) in [5.41, 5.74) is 7.11. The average Bonchev–Trinajstić information content (AvgIpc) is 2.69. The van der Waals surface area contributed by atoms with E-state index < -0.39 is 11.9 Å². The second kappa shape index (κ2) is 10.7. The van der Waals surface area contributed by atoms with Crippen molar-refractivity contribution in [3.63, 3.8) is 0 Å². The molecule has 172 valence electrons. The molecule has 9 heteroatoms. The van der Waals surface area contributed by atoms with Crippen LogP contribution in [0.4, 0.5) is 9.18 Å². The van der Waals surface area contributed by atoms with Crippen LogP contribution >= 0.6 is 0 Å². The van der Waals surface area contributed by atoms with Crippen molar-refractivity contribution < 1.29 is 18.7 Å². The lowest BCUT2D eigenvalue weighted by molar-refractivity contribution is 0.104. The highest BCUT2D eigenvalue weighted by Crippen LogP contribution is 2.28. The summed E-state index contributed by atoms with van der Waals surface area (Å²) >= 11 is 0. The summed E-state index contributed by atoms with van der Waals surface area (Å²) in [6.07, 6.45) is 8.27. The predicted octanol–water partition coefficient (Wildman–Crippen LogP) is 3.20. The van der Waals surface area contributed by atoms with Gasteiger partial charge in [-0.1, -0.05) is 12.8 Å². The maximum Gasteiger partial charge on any atom is 0.407 e. The number of hydrazine groups is 1. The number of nitrogens with two attached hydrogens (primary N) is 2. The fraction of sp³-hybridized carbons (Fsp3) is 0.636. The van der Waals surface area contributed by atoms with E-state index in [-0.39, 0.29) is 24.0 Å². The third kappa shape index (κ3) is 6.22. The number of alkyl carbamates (subject to hydrolysis) is 1. The third-order valence-electron chi connectivity index (χ3n) is 6.03. The van der Waals surface area contributed by atoms with Gasteiger partial charge in [-0.2, -0.15) is 0 Å². The number of halogens is 1. The molecule has 0 aromatic carbocycles. The van der Waals surface area contributed by atoms with Gasteiger partial charge in [0.15, 0.2) is 5.82 Å². The zero-order chi connectivity index (χ0) is 22.4. The summed E-state index contributed by atoms with van der Waals surface area (Å²) in [4.78, 5) is 16.3. The quantitative estimate of drug-likeness (QED) is 0.424. The van der Waals surface area contributed by atoms with Crippen LogP contribution < -0.4 is 21.6 Å². The Labute approximate surface area is 183 Å². The highest BCUT2D eigenvalue weighted by Gasteiger charge is 2.22. The Morgan fingerprint density at radius 3 is 2.58 bits per heavy atom. The molecule has 2 aliphatic rings. The number of hydrogen-bond donors (Lipinski definition) is 3. The van der Waals surface area contributed by atoms with Crippen LogP contribution in [0, 0.1) is 18.7 Å². The van der Waals surface area contributed by atoms with Crippen molar-refractivity contribution in [1.82, 2.24) is 15.3 Å². The van der Waals surface area contributed by atoms with Gasteiger partial charge in [0, 0.05) is 13.1 Å². The molecule has 2 fully saturated rings. The maximum atomic E-state index is 14.9. The number of carbonyl (C=O) groups is 1. The predicted molar refractivity (Wildman–Crippen MR) is 116 cm³/mol. The van der Waals surface area contributed by atoms with Crippen molar-refractivity contribution in [2.75, 3.05) is 20.2 Å². The minimum Gasteiger partial charge on any atom is -0.488 e. The first-order valence-electron chi connectivity index (χ1n) is 11.1. The molecular formula is C22H34FN5O3. The van der Waals surface area contributed by atoms with Crippen molar-refractivity contribution in [2.24, 2.45) is 17.5 Å². The highest BCUT2D eigenvalue weighted by atomic mass is 19.1. The zero-order valence-electron chi connectivity index (χ0n) is 18.5. The highest BCUT2D eigenvalue weighted by molar-refractivity contribution is 5.69. The summed E-state index contributed by atoms with van der Waals surface area (Å²) in [6, 6.07) is 1.33. The molecule has 2 saturated carbocycles. The standard InChI is InChI=1S/C22H34FN5O3/c1-14-19(31-16-9-4-3-5-10-16)11-17(23)21(27-14)20(24)18(28(2)25)12-26-22(29)30-13-15-7-6-8-15/h11,15-16H,3-10,12-13,24-25H2,1-2H3,(H,26,29)/b20-18-. The second-order valence-electron chi connectivity index (χ2n) is 8.50. The second-order valence-corrected chi connectivity index (χ2v) is 8.50. The van der Waals surface area contributed by atoms with Crippen LogP contribution in [0.1, 0.15) is 62.8 Å². The number of rotatable bonds is 8. The smallest absolute Gasteiger partial charge is 0.407 e. The van der Waals surface area contributed by atoms with Crippen molar-refractivity contribution in [3.8, 4) is 5.75 Å². The molecule has 0 atom stereocenters. The summed E-state index contributed by atoms with van der Waals surface area (Å²) in [5.74, 6) is 6.16. The first kappa shape index (κ1) is 23.1. The van der Waals surface area contributed by atoms with Gasteiger partial charge in [0.25, 0.3) is 0 Å². The average molecular weight is 436 g/mol. The first-order valence-corrected chi connectivity index (χ1v) is 11.1. The van der Waals surface area contributed by atoms with Gasteiger partial charge in [0.05, 0.1) is 36.3 Å². The summed E-state index contributed by atoms with van der Waals surface area (Å²) in [6.45, 7) is 2.15. The Morgan fingerprint density at radius 2 is 1.97 bits per heavy atom. The molecule has 1 aromatic rings. The molecule has 8 nitrogen and oxygen atoms in total. The zero-order valence-corrected chi connectivity index (χ0v) is 18.5. The van der Waals surface area contributed by atoms with Gasteiger partial charge in [0.1, 0.15) is 11.4 Å². The Hall–Kier alpha value is -2.55. The molecule has 2 aliphatic carbocycles. The fourth-order valence-electron chi connectivity index (χ4n) is 3.84. The van der Waals surface area contributed by atoms with Crippen LogP contribution in [0.25, 0.3) is 5.70 Å². The van der Waals surface area contributed by atoms with E-state index in [1.807, 2.05) is 0 Å². The van der Waals surface area contributed by atoms with Crippen molar-refractivity contribution >= 4 is 11.8 Å². The lowest BCUT2D eigenvalue weighted by Gasteiger charge is -2.25. The van der Waals surface area contributed by atoms with E-state index in [2.05, 4.69) is 10.3 Å². The number of ether oxygens (including phenoxy) is 2. The van der Waals surface area contributed by atoms with Crippen LogP contribution in [0.15, 0.2) is 11.8 Å². The molecule has 1 aromatic heterocycles. The van der Waals surface area contributed by atoms with E-state index in [0.29, 0.717) is 29.7 Å². The van der Waals surface area contributed by atoms with Crippen molar-refractivity contribution in [2.45, 2.75) is 64.4 Å². The molecule has 0 aliphatic heterocycles. The van der Waals surface area contributed by atoms with Gasteiger partial charge in [-0.05, 0) is 51.4 Å². The molecule has 0 spiro atoms. The number of hydrogen-bond acceptors (Lipinski definition) is 7. The van der Waals surface area contributed by atoms with Gasteiger partial charge in [-0.25, -0.2) is 20.0 Å². The first-order chi connectivity index (χ1) is 14.8. The van der Waals surface area contributed by atoms with Crippen LogP contribution in [0.3, 0.4) is 0 Å². The molecule has 3 rings (SSSR count). The molecule has 0 unspecified atom stereocenters. The summed E-state index contributed by atoms with van der Waals surface area (Å²) < 4.78 is 26.1. The Bertz CT molecular complexity index is 805. The number of nitrogens with one attached hydrogen (secondary N) is 1. The minimum atomic E-state index is -0.596. The Kier molecular flexibility index (Phi) is 7.95. The number of aryl methyl sites for hydroxylation is 1. The van der Waals surface area contributed by atoms with E-state index in [0.717, 1.165) is 38.5 Å². The molecule has 0 saturated heterocycles. The summed E-state index contributed by atoms with van der Waals surface area (Å²) in [5, 5.41) is 3.86. The Morgan fingerprint density at radius 1 is 1.26 bits per heavy atom. The van der Waals surface area contributed by atoms with Crippen LogP contribution in [-0.2, 0) is 4.74 Å². The van der Waals surface area contributed by atoms with E-state index >= 15 is 0 Å². The van der Waals surface area contributed by atoms with E-state index in [1.165, 1.54) is 23.9 Å². The fourth-order valence-corrected chi connectivity index (χ4v) is 3.84. The molecule has 31 heavy (non-hydrogen) atoms. The maximum absolute atomic E-state index is 14.9. The molecular weight excluding hydrogens is 401 g/mol. The topological polar surface area (TPSA) is 116 Å². The van der Waals surface area contributed by atoms with Gasteiger partial charge < -0.3 is 25.5 Å². The lowest BCUT2D eigenvalue weighted by Crippen LogP contribution is -2.37. The van der Waals surface area contributed by atoms with Gasteiger partial charge >= 0.3 is 6.09 Å². The van der Waals surface area contributed by atoms with E-state index in [1.54, 1.807) is 14.0 Å². The number of pyridine rings is 1. The molecule has 5 N–H and O–H groups in total. The number of likely N-dealkylation sites (N-methyl/N-ethyl adjacent to an activating group) is 1. The SMILES string of the molecule is Cc1nc(/C(N)=C(\CNC(=O)OCC2CCC2)N(C)N)c(F)cc1OC1CCCCC1. The van der Waals surface area contributed by atoms with Crippen LogP contribution in [-0.4, -0.2) is 42.4 Å².